The molecule has 12 heteroatoms. The number of carbonyl (C=O) groups is 2. The normalized spacial score (nSPS) is 16.0. The number of anilines is 2. The van der Waals surface area contributed by atoms with E-state index < -0.39 is 26.6 Å². The van der Waals surface area contributed by atoms with Crippen molar-refractivity contribution in [1.82, 2.24) is 4.98 Å². The Kier molecular flexibility index (Phi) is 6.19. The summed E-state index contributed by atoms with van der Waals surface area (Å²) in [5.74, 6) is -1.19. The molecule has 2 heterocycles. The molecule has 4 rings (SSSR count). The smallest absolute Gasteiger partial charge is 0.269 e. The van der Waals surface area contributed by atoms with E-state index >= 15 is 0 Å². The van der Waals surface area contributed by atoms with Crippen LogP contribution in [0, 0.1) is 29.9 Å². The molecular weight excluding hydrogens is 480 g/mol. The molecule has 2 amide bonds. The van der Waals surface area contributed by atoms with Crippen molar-refractivity contribution in [3.05, 3.63) is 69.9 Å². The number of benzene rings is 2. The lowest BCUT2D eigenvalue weighted by molar-refractivity contribution is -0.384. The molecule has 0 saturated carbocycles. The first kappa shape index (κ1) is 23.5. The summed E-state index contributed by atoms with van der Waals surface area (Å²) in [7, 11) is -3.96. The second-order valence-corrected chi connectivity index (χ2v) is 11.1. The van der Waals surface area contributed by atoms with E-state index in [-0.39, 0.29) is 38.8 Å². The molecule has 1 aromatic heterocycles. The quantitative estimate of drug-likeness (QED) is 0.404. The van der Waals surface area contributed by atoms with Crippen LogP contribution < -0.4 is 10.2 Å². The van der Waals surface area contributed by atoms with Crippen LogP contribution in [0.3, 0.4) is 0 Å². The summed E-state index contributed by atoms with van der Waals surface area (Å²) in [5, 5.41) is 13.5. The van der Waals surface area contributed by atoms with Gasteiger partial charge in [0.2, 0.25) is 21.7 Å². The highest BCUT2D eigenvalue weighted by atomic mass is 32.2. The fourth-order valence-electron chi connectivity index (χ4n) is 3.54. The number of amides is 2. The number of sulfone groups is 1. The Balaban J connectivity index is 1.45. The minimum absolute atomic E-state index is 0.0398. The lowest BCUT2D eigenvalue weighted by atomic mass is 10.1. The van der Waals surface area contributed by atoms with E-state index in [0.717, 1.165) is 58.6 Å². The van der Waals surface area contributed by atoms with Crippen molar-refractivity contribution in [3.63, 3.8) is 0 Å². The molecule has 1 atom stereocenters. The predicted molar refractivity (Wildman–Crippen MR) is 126 cm³/mol. The number of nitro groups is 1. The SMILES string of the molecule is Cc1ccc(N2CC(C(=O)Nc3ncc(S(=O)(=O)c4ccc([N+](=O)[O-])cc4)s3)CC2=O)cc1C. The summed E-state index contributed by atoms with van der Waals surface area (Å²) in [6.45, 7) is 4.14. The van der Waals surface area contributed by atoms with Gasteiger partial charge in [-0.05, 0) is 49.2 Å². The van der Waals surface area contributed by atoms with Crippen molar-refractivity contribution in [3.8, 4) is 0 Å². The summed E-state index contributed by atoms with van der Waals surface area (Å²) < 4.78 is 25.5. The summed E-state index contributed by atoms with van der Waals surface area (Å²) in [4.78, 5) is 40.9. The molecule has 1 aliphatic heterocycles. The van der Waals surface area contributed by atoms with Gasteiger partial charge in [0, 0.05) is 30.8 Å². The number of nitrogens with one attached hydrogen (secondary N) is 1. The standard InChI is InChI=1S/C22H20N4O6S2/c1-13-3-4-17(9-14(13)2)25-12-15(10-19(25)27)21(28)24-22-23-11-20(33-22)34(31,32)18-7-5-16(6-8-18)26(29)30/h3-9,11,15H,10,12H2,1-2H3,(H,23,24,28). The second-order valence-electron chi connectivity index (χ2n) is 7.90. The highest BCUT2D eigenvalue weighted by molar-refractivity contribution is 7.93. The topological polar surface area (TPSA) is 140 Å². The third-order valence-corrected chi connectivity index (χ3v) is 8.78. The molecule has 3 aromatic rings. The van der Waals surface area contributed by atoms with Gasteiger partial charge >= 0.3 is 0 Å². The van der Waals surface area contributed by atoms with Gasteiger partial charge in [0.25, 0.3) is 5.69 Å². The fraction of sp³-hybridized carbons (Fsp3) is 0.227. The van der Waals surface area contributed by atoms with Crippen LogP contribution in [0.1, 0.15) is 17.5 Å². The number of hydrogen-bond donors (Lipinski definition) is 1. The number of hydrogen-bond acceptors (Lipinski definition) is 8. The Morgan fingerprint density at radius 1 is 1.18 bits per heavy atom. The zero-order valence-corrected chi connectivity index (χ0v) is 19.9. The number of thiazole rings is 1. The van der Waals surface area contributed by atoms with E-state index in [2.05, 4.69) is 10.3 Å². The van der Waals surface area contributed by atoms with Crippen LogP contribution in [-0.2, 0) is 19.4 Å². The number of carbonyl (C=O) groups excluding carboxylic acids is 2. The Morgan fingerprint density at radius 2 is 1.88 bits per heavy atom. The van der Waals surface area contributed by atoms with Gasteiger partial charge in [0.1, 0.15) is 4.21 Å². The average molecular weight is 501 g/mol. The number of non-ortho nitro benzene ring substituents is 1. The van der Waals surface area contributed by atoms with Crippen molar-refractivity contribution in [2.45, 2.75) is 29.4 Å². The van der Waals surface area contributed by atoms with E-state index in [1.807, 2.05) is 32.0 Å². The van der Waals surface area contributed by atoms with E-state index in [4.69, 9.17) is 0 Å². The van der Waals surface area contributed by atoms with Gasteiger partial charge in [-0.1, -0.05) is 17.4 Å². The molecule has 0 spiro atoms. The molecule has 1 aliphatic rings. The first-order chi connectivity index (χ1) is 16.1. The van der Waals surface area contributed by atoms with Crippen molar-refractivity contribution in [2.24, 2.45) is 5.92 Å². The molecule has 34 heavy (non-hydrogen) atoms. The van der Waals surface area contributed by atoms with E-state index in [0.29, 0.717) is 0 Å². The molecule has 1 fully saturated rings. The Bertz CT molecular complexity index is 1400. The van der Waals surface area contributed by atoms with Gasteiger partial charge in [0.15, 0.2) is 5.13 Å². The molecular formula is C22H20N4O6S2. The van der Waals surface area contributed by atoms with Crippen molar-refractivity contribution >= 4 is 49.5 Å². The van der Waals surface area contributed by atoms with Crippen LogP contribution in [-0.4, -0.2) is 36.7 Å². The Hall–Kier alpha value is -3.64. The lowest BCUT2D eigenvalue weighted by Crippen LogP contribution is -2.28. The van der Waals surface area contributed by atoms with Crippen LogP contribution in [0.25, 0.3) is 0 Å². The van der Waals surface area contributed by atoms with Crippen molar-refractivity contribution in [1.29, 1.82) is 0 Å². The van der Waals surface area contributed by atoms with Crippen LogP contribution in [0.2, 0.25) is 0 Å². The van der Waals surface area contributed by atoms with Gasteiger partial charge in [0.05, 0.1) is 21.9 Å². The molecule has 1 saturated heterocycles. The van der Waals surface area contributed by atoms with Crippen LogP contribution in [0.4, 0.5) is 16.5 Å². The maximum atomic E-state index is 12.8. The molecule has 1 unspecified atom stereocenters. The van der Waals surface area contributed by atoms with Crippen LogP contribution >= 0.6 is 11.3 Å². The summed E-state index contributed by atoms with van der Waals surface area (Å²) >= 11 is 0.770. The van der Waals surface area contributed by atoms with Gasteiger partial charge in [-0.25, -0.2) is 13.4 Å². The predicted octanol–water partition coefficient (Wildman–Crippen LogP) is 3.49. The van der Waals surface area contributed by atoms with Gasteiger partial charge in [-0.2, -0.15) is 0 Å². The van der Waals surface area contributed by atoms with E-state index in [1.165, 1.54) is 0 Å². The summed E-state index contributed by atoms with van der Waals surface area (Å²) in [5.41, 5.74) is 2.65. The number of rotatable bonds is 6. The summed E-state index contributed by atoms with van der Waals surface area (Å²) in [6, 6.07) is 10.2. The minimum atomic E-state index is -3.96. The lowest BCUT2D eigenvalue weighted by Gasteiger charge is -2.17. The number of nitrogens with zero attached hydrogens (tertiary/aromatic N) is 3. The minimum Gasteiger partial charge on any atom is -0.312 e. The zero-order valence-electron chi connectivity index (χ0n) is 18.2. The molecule has 1 N–H and O–H groups in total. The zero-order chi connectivity index (χ0) is 24.6. The van der Waals surface area contributed by atoms with Gasteiger partial charge in [-0.15, -0.1) is 0 Å². The second kappa shape index (κ2) is 8.95. The van der Waals surface area contributed by atoms with E-state index in [9.17, 15) is 28.1 Å². The van der Waals surface area contributed by atoms with Crippen molar-refractivity contribution < 1.29 is 22.9 Å². The number of nitro benzene ring substituents is 1. The van der Waals surface area contributed by atoms with Crippen molar-refractivity contribution in [2.75, 3.05) is 16.8 Å². The van der Waals surface area contributed by atoms with Crippen LogP contribution in [0.5, 0.6) is 0 Å². The number of aromatic nitrogens is 1. The maximum absolute atomic E-state index is 12.8. The molecule has 0 bridgehead atoms. The average Bonchev–Trinajstić information content (AvgIpc) is 3.43. The third kappa shape index (κ3) is 4.54. The number of aryl methyl sites for hydroxylation is 2. The molecule has 2 aromatic carbocycles. The maximum Gasteiger partial charge on any atom is 0.269 e. The summed E-state index contributed by atoms with van der Waals surface area (Å²) in [6.07, 6.45) is 1.16. The molecule has 0 radical (unpaired) electrons. The highest BCUT2D eigenvalue weighted by Crippen LogP contribution is 2.31. The first-order valence-corrected chi connectivity index (χ1v) is 12.5. The van der Waals surface area contributed by atoms with Gasteiger partial charge in [-0.3, -0.25) is 19.7 Å². The largest absolute Gasteiger partial charge is 0.312 e. The molecule has 10 nitrogen and oxygen atoms in total. The Labute approximate surface area is 199 Å². The molecule has 176 valence electrons. The third-order valence-electron chi connectivity index (χ3n) is 5.64. The fourth-order valence-corrected chi connectivity index (χ4v) is 5.97. The first-order valence-electron chi connectivity index (χ1n) is 10.2. The van der Waals surface area contributed by atoms with Gasteiger partial charge < -0.3 is 10.2 Å². The highest BCUT2D eigenvalue weighted by Gasteiger charge is 2.35. The van der Waals surface area contributed by atoms with E-state index in [1.54, 1.807) is 4.90 Å². The Morgan fingerprint density at radius 3 is 2.53 bits per heavy atom. The monoisotopic (exact) mass is 500 g/mol. The molecule has 0 aliphatic carbocycles. The van der Waals surface area contributed by atoms with Crippen LogP contribution in [0.15, 0.2) is 57.8 Å².